The first kappa shape index (κ1) is 12.1. The molecule has 0 saturated carbocycles. The van der Waals surface area contributed by atoms with Gasteiger partial charge in [0.05, 0.1) is 6.61 Å². The van der Waals surface area contributed by atoms with E-state index in [0.29, 0.717) is 6.61 Å². The molecule has 0 fully saturated rings. The Kier molecular flexibility index (Phi) is 4.18. The van der Waals surface area contributed by atoms with Crippen molar-refractivity contribution in [3.8, 4) is 5.75 Å². The molecule has 0 bridgehead atoms. The molecule has 0 heterocycles. The Morgan fingerprint density at radius 3 is 2.65 bits per heavy atom. The summed E-state index contributed by atoms with van der Waals surface area (Å²) in [5.41, 5.74) is 1.96. The standard InChI is InChI=1S/C14H13BrO2/c15-14-7-2-1-5-12(14)10-17-13-6-3-4-11(8-13)9-16/h1-8,16H,9-10H2. The molecule has 3 heteroatoms. The Morgan fingerprint density at radius 2 is 1.88 bits per heavy atom. The number of halogens is 1. The second kappa shape index (κ2) is 5.84. The van der Waals surface area contributed by atoms with Crippen LogP contribution in [-0.4, -0.2) is 5.11 Å². The van der Waals surface area contributed by atoms with Gasteiger partial charge in [-0.1, -0.05) is 46.3 Å². The summed E-state index contributed by atoms with van der Waals surface area (Å²) in [6, 6.07) is 15.4. The number of aliphatic hydroxyl groups is 1. The van der Waals surface area contributed by atoms with E-state index < -0.39 is 0 Å². The van der Waals surface area contributed by atoms with Crippen LogP contribution in [0.3, 0.4) is 0 Å². The number of benzene rings is 2. The van der Waals surface area contributed by atoms with Crippen LogP contribution in [0.15, 0.2) is 53.0 Å². The highest BCUT2D eigenvalue weighted by atomic mass is 79.9. The molecule has 1 N–H and O–H groups in total. The largest absolute Gasteiger partial charge is 0.489 e. The summed E-state index contributed by atoms with van der Waals surface area (Å²) >= 11 is 3.48. The molecule has 2 aromatic rings. The highest BCUT2D eigenvalue weighted by Gasteiger charge is 2.00. The van der Waals surface area contributed by atoms with Gasteiger partial charge in [-0.25, -0.2) is 0 Å². The summed E-state index contributed by atoms with van der Waals surface area (Å²) < 4.78 is 6.71. The summed E-state index contributed by atoms with van der Waals surface area (Å²) in [5.74, 6) is 0.771. The Bertz CT molecular complexity index is 497. The monoisotopic (exact) mass is 292 g/mol. The maximum absolute atomic E-state index is 9.03. The number of aliphatic hydroxyl groups excluding tert-OH is 1. The van der Waals surface area contributed by atoms with Crippen LogP contribution >= 0.6 is 15.9 Å². The summed E-state index contributed by atoms with van der Waals surface area (Å²) in [6.45, 7) is 0.544. The number of hydrogen-bond donors (Lipinski definition) is 1. The van der Waals surface area contributed by atoms with Gasteiger partial charge in [-0.05, 0) is 23.8 Å². The lowest BCUT2D eigenvalue weighted by atomic mass is 10.2. The van der Waals surface area contributed by atoms with E-state index in [1.165, 1.54) is 0 Å². The van der Waals surface area contributed by atoms with Crippen LogP contribution in [0, 0.1) is 0 Å². The van der Waals surface area contributed by atoms with E-state index in [1.54, 1.807) is 0 Å². The SMILES string of the molecule is OCc1cccc(OCc2ccccc2Br)c1. The minimum atomic E-state index is 0.0340. The second-order valence-electron chi connectivity index (χ2n) is 3.69. The van der Waals surface area contributed by atoms with Crippen LogP contribution < -0.4 is 4.74 Å². The van der Waals surface area contributed by atoms with Crippen LogP contribution in [0.4, 0.5) is 0 Å². The topological polar surface area (TPSA) is 29.5 Å². The number of ether oxygens (including phenoxy) is 1. The molecule has 0 aliphatic carbocycles. The summed E-state index contributed by atoms with van der Waals surface area (Å²) in [5, 5.41) is 9.03. The summed E-state index contributed by atoms with van der Waals surface area (Å²) in [7, 11) is 0. The Balaban J connectivity index is 2.05. The van der Waals surface area contributed by atoms with E-state index in [2.05, 4.69) is 15.9 Å². The van der Waals surface area contributed by atoms with Gasteiger partial charge in [0.1, 0.15) is 12.4 Å². The molecule has 0 aliphatic heterocycles. The van der Waals surface area contributed by atoms with Gasteiger partial charge in [0.15, 0.2) is 0 Å². The lowest BCUT2D eigenvalue weighted by molar-refractivity contribution is 0.278. The van der Waals surface area contributed by atoms with E-state index in [4.69, 9.17) is 9.84 Å². The fourth-order valence-corrected chi connectivity index (χ4v) is 1.91. The predicted octanol–water partition coefficient (Wildman–Crippen LogP) is 3.52. The molecule has 0 unspecified atom stereocenters. The molecule has 0 saturated heterocycles. The van der Waals surface area contributed by atoms with Gasteiger partial charge < -0.3 is 9.84 Å². The highest BCUT2D eigenvalue weighted by molar-refractivity contribution is 9.10. The Morgan fingerprint density at radius 1 is 1.06 bits per heavy atom. The lowest BCUT2D eigenvalue weighted by Gasteiger charge is -2.08. The first-order valence-electron chi connectivity index (χ1n) is 5.35. The smallest absolute Gasteiger partial charge is 0.120 e. The van der Waals surface area contributed by atoms with E-state index in [9.17, 15) is 0 Å². The van der Waals surface area contributed by atoms with Crippen molar-refractivity contribution in [1.29, 1.82) is 0 Å². The number of rotatable bonds is 4. The Hall–Kier alpha value is -1.32. The molecule has 2 nitrogen and oxygen atoms in total. The molecule has 0 aromatic heterocycles. The predicted molar refractivity (Wildman–Crippen MR) is 70.8 cm³/mol. The molecule has 0 spiro atoms. The fourth-order valence-electron chi connectivity index (χ4n) is 1.51. The lowest BCUT2D eigenvalue weighted by Crippen LogP contribution is -1.96. The van der Waals surface area contributed by atoms with Crippen molar-refractivity contribution in [3.05, 3.63) is 64.1 Å². The summed E-state index contributed by atoms with van der Waals surface area (Å²) in [4.78, 5) is 0. The molecule has 2 aromatic carbocycles. The van der Waals surface area contributed by atoms with Crippen LogP contribution in [0.2, 0.25) is 0 Å². The average molecular weight is 293 g/mol. The molecule has 0 aliphatic rings. The summed E-state index contributed by atoms with van der Waals surface area (Å²) in [6.07, 6.45) is 0. The normalized spacial score (nSPS) is 10.2. The van der Waals surface area contributed by atoms with Crippen molar-refractivity contribution in [2.24, 2.45) is 0 Å². The number of hydrogen-bond acceptors (Lipinski definition) is 2. The van der Waals surface area contributed by atoms with Gasteiger partial charge in [0, 0.05) is 10.0 Å². The van der Waals surface area contributed by atoms with E-state index in [1.807, 2.05) is 48.5 Å². The van der Waals surface area contributed by atoms with Gasteiger partial charge in [0.25, 0.3) is 0 Å². The van der Waals surface area contributed by atoms with Crippen LogP contribution in [-0.2, 0) is 13.2 Å². The van der Waals surface area contributed by atoms with E-state index in [-0.39, 0.29) is 6.61 Å². The average Bonchev–Trinajstić information content (AvgIpc) is 2.38. The second-order valence-corrected chi connectivity index (χ2v) is 4.54. The van der Waals surface area contributed by atoms with Gasteiger partial charge >= 0.3 is 0 Å². The molecular formula is C14H13BrO2. The molecule has 17 heavy (non-hydrogen) atoms. The molecular weight excluding hydrogens is 280 g/mol. The zero-order chi connectivity index (χ0) is 12.1. The van der Waals surface area contributed by atoms with Crippen LogP contribution in [0.1, 0.15) is 11.1 Å². The first-order valence-corrected chi connectivity index (χ1v) is 6.15. The van der Waals surface area contributed by atoms with Crippen molar-refractivity contribution in [2.45, 2.75) is 13.2 Å². The van der Waals surface area contributed by atoms with Gasteiger partial charge in [-0.15, -0.1) is 0 Å². The van der Waals surface area contributed by atoms with Crippen molar-refractivity contribution >= 4 is 15.9 Å². The third-order valence-corrected chi connectivity index (χ3v) is 3.21. The molecule has 0 amide bonds. The van der Waals surface area contributed by atoms with E-state index in [0.717, 1.165) is 21.3 Å². The van der Waals surface area contributed by atoms with Gasteiger partial charge in [0.2, 0.25) is 0 Å². The first-order chi connectivity index (χ1) is 8.29. The maximum atomic E-state index is 9.03. The zero-order valence-corrected chi connectivity index (χ0v) is 10.9. The zero-order valence-electron chi connectivity index (χ0n) is 9.27. The van der Waals surface area contributed by atoms with Gasteiger partial charge in [-0.2, -0.15) is 0 Å². The molecule has 0 radical (unpaired) electrons. The minimum absolute atomic E-state index is 0.0340. The maximum Gasteiger partial charge on any atom is 0.120 e. The molecule has 88 valence electrons. The fraction of sp³-hybridized carbons (Fsp3) is 0.143. The van der Waals surface area contributed by atoms with E-state index >= 15 is 0 Å². The quantitative estimate of drug-likeness (QED) is 0.934. The Labute approximate surface area is 109 Å². The van der Waals surface area contributed by atoms with Crippen molar-refractivity contribution in [1.82, 2.24) is 0 Å². The molecule has 0 atom stereocenters. The highest BCUT2D eigenvalue weighted by Crippen LogP contribution is 2.19. The third kappa shape index (κ3) is 3.32. The van der Waals surface area contributed by atoms with Crippen molar-refractivity contribution in [3.63, 3.8) is 0 Å². The molecule has 2 rings (SSSR count). The minimum Gasteiger partial charge on any atom is -0.489 e. The van der Waals surface area contributed by atoms with Crippen molar-refractivity contribution in [2.75, 3.05) is 0 Å². The third-order valence-electron chi connectivity index (χ3n) is 2.43. The van der Waals surface area contributed by atoms with Crippen LogP contribution in [0.5, 0.6) is 5.75 Å². The van der Waals surface area contributed by atoms with Gasteiger partial charge in [-0.3, -0.25) is 0 Å². The van der Waals surface area contributed by atoms with Crippen molar-refractivity contribution < 1.29 is 9.84 Å². The van der Waals surface area contributed by atoms with Crippen LogP contribution in [0.25, 0.3) is 0 Å².